The van der Waals surface area contributed by atoms with Crippen LogP contribution < -0.4 is 15.0 Å². The maximum absolute atomic E-state index is 12.9. The first-order chi connectivity index (χ1) is 14.7. The van der Waals surface area contributed by atoms with Crippen LogP contribution in [0.25, 0.3) is 5.69 Å². The van der Waals surface area contributed by atoms with E-state index in [9.17, 15) is 9.18 Å². The van der Waals surface area contributed by atoms with E-state index in [0.717, 1.165) is 36.6 Å². The highest BCUT2D eigenvalue weighted by Crippen LogP contribution is 2.16. The molecule has 0 N–H and O–H groups in total. The Morgan fingerprint density at radius 3 is 2.23 bits per heavy atom. The predicted octanol–water partition coefficient (Wildman–Crippen LogP) is 4.03. The van der Waals surface area contributed by atoms with Crippen molar-refractivity contribution in [3.63, 3.8) is 0 Å². The molecule has 0 amide bonds. The monoisotopic (exact) mass is 408 g/mol. The van der Waals surface area contributed by atoms with Gasteiger partial charge in [0.25, 0.3) is 5.56 Å². The van der Waals surface area contributed by atoms with Crippen molar-refractivity contribution >= 4 is 0 Å². The van der Waals surface area contributed by atoms with Crippen LogP contribution in [0.2, 0.25) is 0 Å². The predicted molar refractivity (Wildman–Crippen MR) is 114 cm³/mol. The second-order valence-electron chi connectivity index (χ2n) is 7.38. The van der Waals surface area contributed by atoms with Crippen molar-refractivity contribution in [2.45, 2.75) is 19.4 Å². The summed E-state index contributed by atoms with van der Waals surface area (Å²) in [5.41, 5.74) is 1.39. The molecule has 0 saturated carbocycles. The SMILES string of the molecule is O=c1cc(COc2ccc(F)cc2)ccn1-c1ccc(OCCN2CCCC2)cc1. The third kappa shape index (κ3) is 5.27. The minimum Gasteiger partial charge on any atom is -0.492 e. The molecule has 4 rings (SSSR count). The van der Waals surface area contributed by atoms with Gasteiger partial charge in [0.05, 0.1) is 0 Å². The van der Waals surface area contributed by atoms with Gasteiger partial charge in [0.1, 0.15) is 30.5 Å². The van der Waals surface area contributed by atoms with Crippen molar-refractivity contribution in [3.8, 4) is 17.2 Å². The third-order valence-electron chi connectivity index (χ3n) is 5.19. The molecule has 0 spiro atoms. The number of ether oxygens (including phenoxy) is 2. The molecule has 30 heavy (non-hydrogen) atoms. The van der Waals surface area contributed by atoms with Crippen LogP contribution in [0.5, 0.6) is 11.5 Å². The molecular formula is C24H25FN2O3. The Kier molecular flexibility index (Phi) is 6.44. The molecule has 156 valence electrons. The minimum atomic E-state index is -0.312. The Balaban J connectivity index is 1.34. The lowest BCUT2D eigenvalue weighted by Gasteiger charge is -2.15. The number of hydrogen-bond donors (Lipinski definition) is 0. The summed E-state index contributed by atoms with van der Waals surface area (Å²) in [6, 6.07) is 16.7. The molecule has 1 aliphatic heterocycles. The summed E-state index contributed by atoms with van der Waals surface area (Å²) in [7, 11) is 0. The number of nitrogens with zero attached hydrogens (tertiary/aromatic N) is 2. The molecule has 5 nitrogen and oxygen atoms in total. The van der Waals surface area contributed by atoms with Gasteiger partial charge < -0.3 is 9.47 Å². The summed E-state index contributed by atoms with van der Waals surface area (Å²) in [4.78, 5) is 14.9. The lowest BCUT2D eigenvalue weighted by molar-refractivity contribution is 0.238. The normalized spacial score (nSPS) is 14.0. The van der Waals surface area contributed by atoms with Crippen LogP contribution in [0, 0.1) is 5.82 Å². The molecule has 0 aliphatic carbocycles. The lowest BCUT2D eigenvalue weighted by atomic mass is 10.2. The number of aromatic nitrogens is 1. The van der Waals surface area contributed by atoms with Gasteiger partial charge in [-0.15, -0.1) is 0 Å². The maximum Gasteiger partial charge on any atom is 0.255 e. The molecular weight excluding hydrogens is 383 g/mol. The summed E-state index contributed by atoms with van der Waals surface area (Å²) in [6.45, 7) is 4.18. The van der Waals surface area contributed by atoms with E-state index in [-0.39, 0.29) is 18.0 Å². The molecule has 1 aromatic heterocycles. The second-order valence-corrected chi connectivity index (χ2v) is 7.38. The van der Waals surface area contributed by atoms with Gasteiger partial charge in [-0.05, 0) is 86.1 Å². The van der Waals surface area contributed by atoms with Crippen molar-refractivity contribution in [2.75, 3.05) is 26.2 Å². The highest BCUT2D eigenvalue weighted by Gasteiger charge is 2.10. The summed E-state index contributed by atoms with van der Waals surface area (Å²) in [6.07, 6.45) is 4.29. The van der Waals surface area contributed by atoms with Crippen LogP contribution in [-0.4, -0.2) is 35.7 Å². The van der Waals surface area contributed by atoms with Crippen LogP contribution in [-0.2, 0) is 6.61 Å². The van der Waals surface area contributed by atoms with Gasteiger partial charge in [-0.3, -0.25) is 14.3 Å². The molecule has 1 fully saturated rings. The van der Waals surface area contributed by atoms with Crippen LogP contribution in [0.15, 0.2) is 71.7 Å². The van der Waals surface area contributed by atoms with Gasteiger partial charge in [-0.2, -0.15) is 0 Å². The Morgan fingerprint density at radius 2 is 1.53 bits per heavy atom. The van der Waals surface area contributed by atoms with Gasteiger partial charge in [-0.1, -0.05) is 0 Å². The molecule has 0 atom stereocenters. The van der Waals surface area contributed by atoms with E-state index in [2.05, 4.69) is 4.90 Å². The van der Waals surface area contributed by atoms with Crippen LogP contribution >= 0.6 is 0 Å². The Hall–Kier alpha value is -3.12. The molecule has 1 aliphatic rings. The number of rotatable bonds is 8. The average molecular weight is 408 g/mol. The van der Waals surface area contributed by atoms with E-state index in [4.69, 9.17) is 9.47 Å². The molecule has 1 saturated heterocycles. The van der Waals surface area contributed by atoms with Crippen LogP contribution in [0.1, 0.15) is 18.4 Å². The molecule has 0 radical (unpaired) electrons. The van der Waals surface area contributed by atoms with Crippen molar-refractivity contribution in [3.05, 3.63) is 88.6 Å². The van der Waals surface area contributed by atoms with E-state index in [1.54, 1.807) is 29.0 Å². The van der Waals surface area contributed by atoms with Gasteiger partial charge >= 0.3 is 0 Å². The zero-order valence-corrected chi connectivity index (χ0v) is 16.8. The first-order valence-electron chi connectivity index (χ1n) is 10.2. The minimum absolute atomic E-state index is 0.141. The molecule has 6 heteroatoms. The zero-order chi connectivity index (χ0) is 20.8. The van der Waals surface area contributed by atoms with E-state index in [1.807, 2.05) is 30.3 Å². The number of hydrogen-bond acceptors (Lipinski definition) is 4. The number of pyridine rings is 1. The Bertz CT molecular complexity index is 1010. The number of benzene rings is 2. The van der Waals surface area contributed by atoms with Gasteiger partial charge in [-0.25, -0.2) is 4.39 Å². The van der Waals surface area contributed by atoms with Gasteiger partial charge in [0.15, 0.2) is 0 Å². The topological polar surface area (TPSA) is 43.7 Å². The van der Waals surface area contributed by atoms with E-state index in [0.29, 0.717) is 12.4 Å². The standard InChI is InChI=1S/C24H25FN2O3/c25-20-3-7-23(8-4-20)30-18-19-11-14-27(24(28)17-19)21-5-9-22(10-6-21)29-16-15-26-12-1-2-13-26/h3-11,14,17H,1-2,12-13,15-16,18H2. The van der Waals surface area contributed by atoms with E-state index >= 15 is 0 Å². The fourth-order valence-electron chi connectivity index (χ4n) is 3.52. The molecule has 2 aromatic carbocycles. The van der Waals surface area contributed by atoms with Crippen molar-refractivity contribution < 1.29 is 13.9 Å². The number of likely N-dealkylation sites (tertiary alicyclic amines) is 1. The number of halogens is 1. The fourth-order valence-corrected chi connectivity index (χ4v) is 3.52. The molecule has 0 unspecified atom stereocenters. The zero-order valence-electron chi connectivity index (χ0n) is 16.8. The molecule has 2 heterocycles. The first kappa shape index (κ1) is 20.2. The largest absolute Gasteiger partial charge is 0.492 e. The Morgan fingerprint density at radius 1 is 0.867 bits per heavy atom. The van der Waals surface area contributed by atoms with Gasteiger partial charge in [0, 0.05) is 24.5 Å². The van der Waals surface area contributed by atoms with Crippen molar-refractivity contribution in [1.29, 1.82) is 0 Å². The lowest BCUT2D eigenvalue weighted by Crippen LogP contribution is -2.25. The summed E-state index contributed by atoms with van der Waals surface area (Å²) < 4.78 is 26.0. The fraction of sp³-hybridized carbons (Fsp3) is 0.292. The molecule has 3 aromatic rings. The second kappa shape index (κ2) is 9.59. The maximum atomic E-state index is 12.9. The van der Waals surface area contributed by atoms with E-state index < -0.39 is 0 Å². The highest BCUT2D eigenvalue weighted by atomic mass is 19.1. The van der Waals surface area contributed by atoms with Crippen molar-refractivity contribution in [1.82, 2.24) is 9.47 Å². The first-order valence-corrected chi connectivity index (χ1v) is 10.2. The highest BCUT2D eigenvalue weighted by molar-refractivity contribution is 5.38. The third-order valence-corrected chi connectivity index (χ3v) is 5.19. The Labute approximate surface area is 175 Å². The quantitative estimate of drug-likeness (QED) is 0.565. The summed E-state index contributed by atoms with van der Waals surface area (Å²) in [5, 5.41) is 0. The van der Waals surface area contributed by atoms with E-state index in [1.165, 1.54) is 25.0 Å². The van der Waals surface area contributed by atoms with Crippen LogP contribution in [0.4, 0.5) is 4.39 Å². The summed E-state index contributed by atoms with van der Waals surface area (Å²) in [5.74, 6) is 1.05. The average Bonchev–Trinajstić information content (AvgIpc) is 3.28. The van der Waals surface area contributed by atoms with Crippen molar-refractivity contribution in [2.24, 2.45) is 0 Å². The smallest absolute Gasteiger partial charge is 0.255 e. The summed E-state index contributed by atoms with van der Waals surface area (Å²) >= 11 is 0. The van der Waals surface area contributed by atoms with Gasteiger partial charge in [0.2, 0.25) is 0 Å². The molecule has 0 bridgehead atoms. The van der Waals surface area contributed by atoms with Crippen LogP contribution in [0.3, 0.4) is 0 Å².